The lowest BCUT2D eigenvalue weighted by Gasteiger charge is -2.26. The molecular formula is C14H32N2O. The molecule has 0 fully saturated rings. The van der Waals surface area contributed by atoms with Gasteiger partial charge in [0.05, 0.1) is 6.61 Å². The van der Waals surface area contributed by atoms with Crippen LogP contribution in [0.4, 0.5) is 0 Å². The zero-order valence-electron chi connectivity index (χ0n) is 12.5. The van der Waals surface area contributed by atoms with Crippen LogP contribution in [0.1, 0.15) is 40.5 Å². The third kappa shape index (κ3) is 13.8. The Morgan fingerprint density at radius 1 is 1.12 bits per heavy atom. The number of hydrogen-bond donors (Lipinski definition) is 1. The molecule has 0 unspecified atom stereocenters. The summed E-state index contributed by atoms with van der Waals surface area (Å²) in [6.07, 6.45) is 2.39. The smallest absolute Gasteiger partial charge is 0.0590 e. The van der Waals surface area contributed by atoms with Gasteiger partial charge in [0.25, 0.3) is 0 Å². The van der Waals surface area contributed by atoms with Gasteiger partial charge in [0.1, 0.15) is 0 Å². The van der Waals surface area contributed by atoms with Crippen molar-refractivity contribution in [1.82, 2.24) is 10.2 Å². The monoisotopic (exact) mass is 244 g/mol. The Bertz CT molecular complexity index is 166. The van der Waals surface area contributed by atoms with Gasteiger partial charge in [-0.1, -0.05) is 34.1 Å². The topological polar surface area (TPSA) is 24.5 Å². The average molecular weight is 244 g/mol. The van der Waals surface area contributed by atoms with Crippen LogP contribution in [0, 0.1) is 5.41 Å². The predicted octanol–water partition coefficient (Wildman–Crippen LogP) is 2.37. The van der Waals surface area contributed by atoms with E-state index in [1.807, 2.05) is 0 Å². The van der Waals surface area contributed by atoms with E-state index in [0.29, 0.717) is 5.41 Å². The lowest BCUT2D eigenvalue weighted by atomic mass is 9.96. The van der Waals surface area contributed by atoms with E-state index in [0.717, 1.165) is 39.4 Å². The molecule has 0 radical (unpaired) electrons. The van der Waals surface area contributed by atoms with E-state index in [1.54, 1.807) is 0 Å². The van der Waals surface area contributed by atoms with Gasteiger partial charge >= 0.3 is 0 Å². The van der Waals surface area contributed by atoms with Gasteiger partial charge in [-0.15, -0.1) is 0 Å². The number of rotatable bonds is 10. The lowest BCUT2D eigenvalue weighted by Crippen LogP contribution is -2.35. The zero-order valence-corrected chi connectivity index (χ0v) is 12.5. The van der Waals surface area contributed by atoms with Crippen LogP contribution in [-0.4, -0.2) is 51.3 Å². The first kappa shape index (κ1) is 16.9. The Morgan fingerprint density at radius 3 is 2.41 bits per heavy atom. The van der Waals surface area contributed by atoms with E-state index in [9.17, 15) is 0 Å². The molecule has 0 saturated carbocycles. The molecule has 0 saturated heterocycles. The molecule has 3 heteroatoms. The van der Waals surface area contributed by atoms with Crippen molar-refractivity contribution in [3.63, 3.8) is 0 Å². The minimum atomic E-state index is 0.387. The normalized spacial score (nSPS) is 12.4. The molecule has 0 aliphatic carbocycles. The first-order chi connectivity index (χ1) is 7.95. The fourth-order valence-corrected chi connectivity index (χ4v) is 1.78. The molecule has 0 atom stereocenters. The number of unbranched alkanes of at least 4 members (excludes halogenated alkanes) is 1. The van der Waals surface area contributed by atoms with Crippen LogP contribution in [-0.2, 0) is 4.74 Å². The highest BCUT2D eigenvalue weighted by atomic mass is 16.5. The fourth-order valence-electron chi connectivity index (χ4n) is 1.78. The Kier molecular flexibility index (Phi) is 9.79. The molecule has 0 bridgehead atoms. The van der Waals surface area contributed by atoms with E-state index in [-0.39, 0.29) is 0 Å². The van der Waals surface area contributed by atoms with Crippen molar-refractivity contribution in [2.24, 2.45) is 5.41 Å². The lowest BCUT2D eigenvalue weighted by molar-refractivity contribution is 0.132. The van der Waals surface area contributed by atoms with Gasteiger partial charge in [-0.05, 0) is 18.9 Å². The summed E-state index contributed by atoms with van der Waals surface area (Å²) in [5, 5.41) is 3.41. The molecule has 17 heavy (non-hydrogen) atoms. The minimum Gasteiger partial charge on any atom is -0.380 e. The summed E-state index contributed by atoms with van der Waals surface area (Å²) in [4.78, 5) is 2.38. The van der Waals surface area contributed by atoms with Gasteiger partial charge in [-0.2, -0.15) is 0 Å². The summed E-state index contributed by atoms with van der Waals surface area (Å²) in [6, 6.07) is 0. The van der Waals surface area contributed by atoms with Crippen molar-refractivity contribution in [3.05, 3.63) is 0 Å². The average Bonchev–Trinajstić information content (AvgIpc) is 2.19. The maximum absolute atomic E-state index is 5.49. The molecule has 0 aromatic carbocycles. The van der Waals surface area contributed by atoms with Crippen molar-refractivity contribution in [1.29, 1.82) is 0 Å². The molecular weight excluding hydrogens is 212 g/mol. The molecule has 0 aromatic heterocycles. The Balaban J connectivity index is 3.22. The summed E-state index contributed by atoms with van der Waals surface area (Å²) < 4.78 is 5.49. The molecule has 0 aliphatic rings. The number of hydrogen-bond acceptors (Lipinski definition) is 3. The van der Waals surface area contributed by atoms with Crippen LogP contribution in [0.2, 0.25) is 0 Å². The summed E-state index contributed by atoms with van der Waals surface area (Å²) in [6.45, 7) is 15.0. The maximum Gasteiger partial charge on any atom is 0.0590 e. The van der Waals surface area contributed by atoms with E-state index in [1.165, 1.54) is 12.8 Å². The summed E-state index contributed by atoms with van der Waals surface area (Å²) in [7, 11) is 2.19. The largest absolute Gasteiger partial charge is 0.380 e. The summed E-state index contributed by atoms with van der Waals surface area (Å²) in [5.41, 5.74) is 0.387. The number of nitrogens with zero attached hydrogens (tertiary/aromatic N) is 1. The molecule has 0 amide bonds. The second kappa shape index (κ2) is 9.86. The van der Waals surface area contributed by atoms with Gasteiger partial charge in [0, 0.05) is 32.8 Å². The van der Waals surface area contributed by atoms with E-state index < -0.39 is 0 Å². The van der Waals surface area contributed by atoms with Gasteiger partial charge in [-0.3, -0.25) is 0 Å². The highest BCUT2D eigenvalue weighted by Gasteiger charge is 2.12. The minimum absolute atomic E-state index is 0.387. The third-order valence-electron chi connectivity index (χ3n) is 2.48. The SMILES string of the molecule is CCCCOCCNCCN(C)CC(C)(C)C. The molecule has 104 valence electrons. The van der Waals surface area contributed by atoms with Crippen LogP contribution >= 0.6 is 0 Å². The Morgan fingerprint density at radius 2 is 1.82 bits per heavy atom. The van der Waals surface area contributed by atoms with E-state index in [2.05, 4.69) is 45.0 Å². The van der Waals surface area contributed by atoms with Crippen LogP contribution in [0.25, 0.3) is 0 Å². The fraction of sp³-hybridized carbons (Fsp3) is 1.00. The molecule has 1 N–H and O–H groups in total. The van der Waals surface area contributed by atoms with Crippen molar-refractivity contribution in [2.45, 2.75) is 40.5 Å². The second-order valence-electron chi connectivity index (χ2n) is 6.01. The van der Waals surface area contributed by atoms with Crippen LogP contribution in [0.3, 0.4) is 0 Å². The molecule has 0 rings (SSSR count). The highest BCUT2D eigenvalue weighted by molar-refractivity contribution is 4.66. The van der Waals surface area contributed by atoms with Gasteiger partial charge in [0.15, 0.2) is 0 Å². The molecule has 3 nitrogen and oxygen atoms in total. The Labute approximate surface area is 108 Å². The second-order valence-corrected chi connectivity index (χ2v) is 6.01. The van der Waals surface area contributed by atoms with Gasteiger partial charge in [-0.25, -0.2) is 0 Å². The molecule has 0 aromatic rings. The maximum atomic E-state index is 5.49. The Hall–Kier alpha value is -0.120. The highest BCUT2D eigenvalue weighted by Crippen LogP contribution is 2.13. The van der Waals surface area contributed by atoms with Crippen molar-refractivity contribution < 1.29 is 4.74 Å². The standard InChI is InChI=1S/C14H32N2O/c1-6-7-11-17-12-9-15-8-10-16(5)13-14(2,3)4/h15H,6-13H2,1-5H3. The predicted molar refractivity (Wildman–Crippen MR) is 75.5 cm³/mol. The number of likely N-dealkylation sites (N-methyl/N-ethyl adjacent to an activating group) is 1. The van der Waals surface area contributed by atoms with Crippen molar-refractivity contribution in [2.75, 3.05) is 46.4 Å². The van der Waals surface area contributed by atoms with Crippen molar-refractivity contribution >= 4 is 0 Å². The third-order valence-corrected chi connectivity index (χ3v) is 2.48. The van der Waals surface area contributed by atoms with E-state index in [4.69, 9.17) is 4.74 Å². The van der Waals surface area contributed by atoms with Gasteiger partial charge < -0.3 is 15.0 Å². The first-order valence-corrected chi connectivity index (χ1v) is 6.92. The summed E-state index contributed by atoms with van der Waals surface area (Å²) >= 11 is 0. The number of nitrogens with one attached hydrogen (secondary N) is 1. The van der Waals surface area contributed by atoms with E-state index >= 15 is 0 Å². The molecule has 0 heterocycles. The molecule has 0 aliphatic heterocycles. The zero-order chi connectivity index (χ0) is 13.1. The first-order valence-electron chi connectivity index (χ1n) is 6.92. The van der Waals surface area contributed by atoms with Crippen molar-refractivity contribution in [3.8, 4) is 0 Å². The summed E-state index contributed by atoms with van der Waals surface area (Å²) in [5.74, 6) is 0. The number of ether oxygens (including phenoxy) is 1. The van der Waals surface area contributed by atoms with Gasteiger partial charge in [0.2, 0.25) is 0 Å². The quantitative estimate of drug-likeness (QED) is 0.597. The van der Waals surface area contributed by atoms with Crippen LogP contribution < -0.4 is 5.32 Å². The van der Waals surface area contributed by atoms with Crippen LogP contribution in [0.5, 0.6) is 0 Å². The van der Waals surface area contributed by atoms with Crippen LogP contribution in [0.15, 0.2) is 0 Å². The molecule has 0 spiro atoms.